The molecule has 1 fully saturated rings. The van der Waals surface area contributed by atoms with Crippen molar-refractivity contribution in [2.75, 3.05) is 18.5 Å². The molecule has 0 saturated carbocycles. The Bertz CT molecular complexity index is 1140. The standard InChI is InChI=1S/C21H21Cl2FN4O3/c1-21(2,30)12-7-25-19-11(17(12)23)5-10(6-14(19)24)18-13(22)8-26-20(28-18)27-15-3-4-31-9-16(15)29/h5-8,15-16,29-30H,3-4,9H2,1-2H3,(H,26,27,28)/t15-,16-/m1/s1. The molecular formula is C21H21Cl2FN4O3. The summed E-state index contributed by atoms with van der Waals surface area (Å²) in [6, 6.07) is 2.63. The van der Waals surface area contributed by atoms with Crippen LogP contribution in [-0.4, -0.2) is 50.5 Å². The van der Waals surface area contributed by atoms with Gasteiger partial charge in [0, 0.05) is 29.3 Å². The lowest BCUT2D eigenvalue weighted by molar-refractivity contribution is -0.0136. The molecule has 0 radical (unpaired) electrons. The van der Waals surface area contributed by atoms with Gasteiger partial charge in [0.05, 0.1) is 46.3 Å². The van der Waals surface area contributed by atoms with Gasteiger partial charge >= 0.3 is 0 Å². The van der Waals surface area contributed by atoms with Crippen molar-refractivity contribution in [2.24, 2.45) is 0 Å². The Morgan fingerprint density at radius 2 is 2.00 bits per heavy atom. The number of hydrogen-bond donors (Lipinski definition) is 3. The Morgan fingerprint density at radius 1 is 1.23 bits per heavy atom. The van der Waals surface area contributed by atoms with Crippen molar-refractivity contribution in [3.63, 3.8) is 0 Å². The molecule has 164 valence electrons. The van der Waals surface area contributed by atoms with Gasteiger partial charge in [-0.2, -0.15) is 0 Å². The lowest BCUT2D eigenvalue weighted by Gasteiger charge is -2.28. The fraction of sp³-hybridized carbons (Fsp3) is 0.381. The number of hydrogen-bond acceptors (Lipinski definition) is 7. The zero-order valence-electron chi connectivity index (χ0n) is 16.9. The van der Waals surface area contributed by atoms with Gasteiger partial charge in [-0.05, 0) is 32.4 Å². The highest BCUT2D eigenvalue weighted by Crippen LogP contribution is 2.37. The van der Waals surface area contributed by atoms with Gasteiger partial charge in [-0.25, -0.2) is 14.4 Å². The first kappa shape index (κ1) is 22.1. The summed E-state index contributed by atoms with van der Waals surface area (Å²) in [4.78, 5) is 12.7. The lowest BCUT2D eigenvalue weighted by Crippen LogP contribution is -2.42. The summed E-state index contributed by atoms with van der Waals surface area (Å²) in [7, 11) is 0. The van der Waals surface area contributed by atoms with Gasteiger partial charge in [0.1, 0.15) is 11.3 Å². The molecule has 0 amide bonds. The maximum atomic E-state index is 14.9. The van der Waals surface area contributed by atoms with Crippen LogP contribution in [-0.2, 0) is 10.3 Å². The summed E-state index contributed by atoms with van der Waals surface area (Å²) in [5, 5.41) is 24.3. The predicted molar refractivity (Wildman–Crippen MR) is 117 cm³/mol. The minimum atomic E-state index is -1.25. The van der Waals surface area contributed by atoms with E-state index in [2.05, 4.69) is 20.3 Å². The van der Waals surface area contributed by atoms with Crippen LogP contribution >= 0.6 is 23.2 Å². The second-order valence-corrected chi connectivity index (χ2v) is 8.76. The summed E-state index contributed by atoms with van der Waals surface area (Å²) >= 11 is 12.8. The molecule has 0 unspecified atom stereocenters. The smallest absolute Gasteiger partial charge is 0.223 e. The lowest BCUT2D eigenvalue weighted by atomic mass is 9.97. The van der Waals surface area contributed by atoms with Crippen molar-refractivity contribution < 1.29 is 19.3 Å². The third-order valence-corrected chi connectivity index (χ3v) is 5.86. The van der Waals surface area contributed by atoms with Gasteiger partial charge in [0.15, 0.2) is 0 Å². The van der Waals surface area contributed by atoms with Crippen LogP contribution in [0.5, 0.6) is 0 Å². The van der Waals surface area contributed by atoms with E-state index in [0.29, 0.717) is 35.2 Å². The number of aliphatic hydroxyl groups is 2. The molecule has 0 aliphatic carbocycles. The number of ether oxygens (including phenoxy) is 1. The summed E-state index contributed by atoms with van der Waals surface area (Å²) in [6.07, 6.45) is 2.67. The van der Waals surface area contributed by atoms with E-state index >= 15 is 0 Å². The average Bonchev–Trinajstić information content (AvgIpc) is 2.71. The molecule has 1 aliphatic heterocycles. The number of anilines is 1. The maximum Gasteiger partial charge on any atom is 0.223 e. The minimum absolute atomic E-state index is 0.0793. The molecule has 31 heavy (non-hydrogen) atoms. The fourth-order valence-electron chi connectivity index (χ4n) is 3.49. The zero-order valence-corrected chi connectivity index (χ0v) is 18.4. The molecule has 2 aromatic heterocycles. The van der Waals surface area contributed by atoms with Crippen LogP contribution in [0.15, 0.2) is 24.5 Å². The van der Waals surface area contributed by atoms with Crippen LogP contribution in [0, 0.1) is 5.82 Å². The molecule has 0 bridgehead atoms. The minimum Gasteiger partial charge on any atom is -0.389 e. The summed E-state index contributed by atoms with van der Waals surface area (Å²) < 4.78 is 20.1. The SMILES string of the molecule is CC(C)(O)c1cnc2c(F)cc(-c3nc(N[C@@H]4CCOC[C@H]4O)ncc3Cl)cc2c1Cl. The van der Waals surface area contributed by atoms with Gasteiger partial charge < -0.3 is 20.3 Å². The quantitative estimate of drug-likeness (QED) is 0.535. The normalized spacial score (nSPS) is 19.6. The van der Waals surface area contributed by atoms with Crippen LogP contribution in [0.1, 0.15) is 25.8 Å². The third kappa shape index (κ3) is 4.44. The zero-order chi connectivity index (χ0) is 22.3. The van der Waals surface area contributed by atoms with E-state index in [1.165, 1.54) is 18.5 Å². The van der Waals surface area contributed by atoms with E-state index in [-0.39, 0.29) is 34.2 Å². The molecule has 3 N–H and O–H groups in total. The van der Waals surface area contributed by atoms with E-state index in [0.717, 1.165) is 0 Å². The van der Waals surface area contributed by atoms with E-state index in [9.17, 15) is 14.6 Å². The summed E-state index contributed by atoms with van der Waals surface area (Å²) in [5.41, 5.74) is -0.117. The molecule has 0 spiro atoms. The van der Waals surface area contributed by atoms with Crippen molar-refractivity contribution in [1.29, 1.82) is 0 Å². The Morgan fingerprint density at radius 3 is 2.71 bits per heavy atom. The first-order valence-corrected chi connectivity index (χ1v) is 10.5. The number of halogens is 3. The van der Waals surface area contributed by atoms with Crippen LogP contribution in [0.3, 0.4) is 0 Å². The Kier molecular flexibility index (Phi) is 6.02. The maximum absolute atomic E-state index is 14.9. The number of pyridine rings is 1. The van der Waals surface area contributed by atoms with E-state index in [4.69, 9.17) is 27.9 Å². The van der Waals surface area contributed by atoms with Crippen LogP contribution in [0.4, 0.5) is 10.3 Å². The largest absolute Gasteiger partial charge is 0.389 e. The Labute approximate surface area is 188 Å². The highest BCUT2D eigenvalue weighted by Gasteiger charge is 2.25. The highest BCUT2D eigenvalue weighted by atomic mass is 35.5. The molecule has 3 aromatic rings. The van der Waals surface area contributed by atoms with Gasteiger partial charge in [0.2, 0.25) is 5.95 Å². The highest BCUT2D eigenvalue weighted by molar-refractivity contribution is 6.36. The number of fused-ring (bicyclic) bond motifs is 1. The molecule has 2 atom stereocenters. The molecule has 1 aliphatic rings. The summed E-state index contributed by atoms with van der Waals surface area (Å²) in [5.74, 6) is -0.346. The summed E-state index contributed by atoms with van der Waals surface area (Å²) in [6.45, 7) is 3.89. The Balaban J connectivity index is 1.78. The molecule has 4 rings (SSSR count). The number of benzene rings is 1. The van der Waals surface area contributed by atoms with Crippen LogP contribution in [0.25, 0.3) is 22.2 Å². The van der Waals surface area contributed by atoms with Crippen molar-refractivity contribution in [1.82, 2.24) is 15.0 Å². The molecule has 10 heteroatoms. The topological polar surface area (TPSA) is 100 Å². The van der Waals surface area contributed by atoms with E-state index < -0.39 is 17.5 Å². The van der Waals surface area contributed by atoms with Crippen LogP contribution in [0.2, 0.25) is 10.0 Å². The first-order valence-electron chi connectivity index (χ1n) is 9.71. The monoisotopic (exact) mass is 466 g/mol. The van der Waals surface area contributed by atoms with Crippen molar-refractivity contribution in [2.45, 2.75) is 38.0 Å². The first-order chi connectivity index (χ1) is 14.6. The van der Waals surface area contributed by atoms with Crippen molar-refractivity contribution >= 4 is 40.1 Å². The van der Waals surface area contributed by atoms with Crippen LogP contribution < -0.4 is 5.32 Å². The number of aliphatic hydroxyl groups excluding tert-OH is 1. The fourth-order valence-corrected chi connectivity index (χ4v) is 4.11. The number of rotatable bonds is 4. The van der Waals surface area contributed by atoms with Crippen molar-refractivity contribution in [3.8, 4) is 11.3 Å². The predicted octanol–water partition coefficient (Wildman–Crippen LogP) is 3.93. The Hall–Kier alpha value is -2.10. The van der Waals surface area contributed by atoms with Gasteiger partial charge in [-0.15, -0.1) is 0 Å². The number of nitrogens with one attached hydrogen (secondary N) is 1. The van der Waals surface area contributed by atoms with E-state index in [1.807, 2.05) is 0 Å². The number of nitrogens with zero attached hydrogens (tertiary/aromatic N) is 3. The molecule has 1 saturated heterocycles. The van der Waals surface area contributed by atoms with Gasteiger partial charge in [-0.3, -0.25) is 4.98 Å². The number of aromatic nitrogens is 3. The molecule has 7 nitrogen and oxygen atoms in total. The third-order valence-electron chi connectivity index (χ3n) is 5.18. The molecule has 3 heterocycles. The second kappa shape index (κ2) is 8.44. The van der Waals surface area contributed by atoms with E-state index in [1.54, 1.807) is 19.9 Å². The average molecular weight is 467 g/mol. The van der Waals surface area contributed by atoms with Gasteiger partial charge in [-0.1, -0.05) is 23.2 Å². The van der Waals surface area contributed by atoms with Gasteiger partial charge in [0.25, 0.3) is 0 Å². The molecule has 1 aromatic carbocycles. The molecular weight excluding hydrogens is 446 g/mol. The van der Waals surface area contributed by atoms with Crippen molar-refractivity contribution in [3.05, 3.63) is 46.0 Å². The second-order valence-electron chi connectivity index (χ2n) is 7.97.